The highest BCUT2D eigenvalue weighted by Crippen LogP contribution is 2.50. The zero-order chi connectivity index (χ0) is 31.0. The summed E-state index contributed by atoms with van der Waals surface area (Å²) in [5.74, 6) is -2.64. The number of rotatable bonds is 7. The molecule has 1 aliphatic heterocycles. The molecular formula is C24H22Cl2F6N6O4. The number of alkyl halides is 6. The van der Waals surface area contributed by atoms with Gasteiger partial charge in [-0.15, -0.1) is 26.3 Å². The van der Waals surface area contributed by atoms with Gasteiger partial charge in [0.25, 0.3) is 0 Å². The number of hydrogen-bond donors (Lipinski definition) is 2. The largest absolute Gasteiger partial charge is 0.573 e. The fourth-order valence-electron chi connectivity index (χ4n) is 4.65. The molecule has 10 nitrogen and oxygen atoms in total. The summed E-state index contributed by atoms with van der Waals surface area (Å²) >= 11 is 12.2. The molecule has 228 valence electrons. The number of halogens is 8. The van der Waals surface area contributed by atoms with Gasteiger partial charge in [0.05, 0.1) is 12.2 Å². The third-order valence-corrected chi connectivity index (χ3v) is 7.16. The van der Waals surface area contributed by atoms with Crippen LogP contribution in [0.4, 0.5) is 48.6 Å². The molecule has 2 N–H and O–H groups in total. The van der Waals surface area contributed by atoms with E-state index in [4.69, 9.17) is 23.2 Å². The van der Waals surface area contributed by atoms with Crippen LogP contribution >= 0.6 is 23.2 Å². The number of amides is 3. The van der Waals surface area contributed by atoms with Crippen LogP contribution in [-0.2, 0) is 11.3 Å². The van der Waals surface area contributed by atoms with Crippen LogP contribution in [-0.4, -0.2) is 53.8 Å². The highest BCUT2D eigenvalue weighted by molar-refractivity contribution is 6.42. The number of hydrogen-bond acceptors (Lipinski definition) is 7. The summed E-state index contributed by atoms with van der Waals surface area (Å²) < 4.78 is 85.6. The summed E-state index contributed by atoms with van der Waals surface area (Å²) in [6, 6.07) is -1.19. The highest BCUT2D eigenvalue weighted by Gasteiger charge is 2.40. The Morgan fingerprint density at radius 2 is 1.64 bits per heavy atom. The summed E-state index contributed by atoms with van der Waals surface area (Å²) in [7, 11) is 1.28. The number of carbonyl (C=O) groups excluding carboxylic acids is 2. The van der Waals surface area contributed by atoms with Crippen LogP contribution in [0, 0.1) is 0 Å². The van der Waals surface area contributed by atoms with Gasteiger partial charge in [-0.05, 0) is 18.9 Å². The second-order valence-corrected chi connectivity index (χ2v) is 10.0. The van der Waals surface area contributed by atoms with Crippen LogP contribution < -0.4 is 29.9 Å². The first kappa shape index (κ1) is 31.3. The third kappa shape index (κ3) is 7.03. The Balaban J connectivity index is 1.68. The molecule has 2 heterocycles. The van der Waals surface area contributed by atoms with Crippen molar-refractivity contribution in [3.63, 3.8) is 0 Å². The fourth-order valence-corrected chi connectivity index (χ4v) is 5.28. The molecule has 1 aromatic carbocycles. The minimum Gasteiger partial charge on any atom is -0.404 e. The minimum absolute atomic E-state index is 0.109. The summed E-state index contributed by atoms with van der Waals surface area (Å²) in [6.45, 7) is 3.02. The van der Waals surface area contributed by atoms with Gasteiger partial charge < -0.3 is 20.1 Å². The summed E-state index contributed by atoms with van der Waals surface area (Å²) in [5, 5.41) is 4.23. The predicted octanol–water partition coefficient (Wildman–Crippen LogP) is 6.18. The number of anilines is 3. The van der Waals surface area contributed by atoms with Gasteiger partial charge in [-0.3, -0.25) is 14.6 Å². The number of urea groups is 1. The van der Waals surface area contributed by atoms with Crippen molar-refractivity contribution < 1.29 is 45.4 Å². The van der Waals surface area contributed by atoms with Crippen molar-refractivity contribution >= 4 is 52.6 Å². The van der Waals surface area contributed by atoms with Crippen molar-refractivity contribution in [1.82, 2.24) is 15.3 Å². The average molecular weight is 643 g/mol. The second-order valence-electron chi connectivity index (χ2n) is 9.27. The quantitative estimate of drug-likeness (QED) is 0.274. The lowest BCUT2D eigenvalue weighted by Gasteiger charge is -2.36. The molecule has 1 aromatic heterocycles. The van der Waals surface area contributed by atoms with Gasteiger partial charge in [-0.25, -0.2) is 9.78 Å². The number of fused-ring (bicyclic) bond motifs is 1. The molecule has 1 aliphatic carbocycles. The Labute approximate surface area is 244 Å². The van der Waals surface area contributed by atoms with E-state index < -0.39 is 52.5 Å². The zero-order valence-corrected chi connectivity index (χ0v) is 23.1. The van der Waals surface area contributed by atoms with Crippen LogP contribution in [0.1, 0.15) is 31.2 Å². The van der Waals surface area contributed by atoms with E-state index in [1.54, 1.807) is 0 Å². The third-order valence-electron chi connectivity index (χ3n) is 6.43. The predicted molar refractivity (Wildman–Crippen MR) is 140 cm³/mol. The molecule has 1 saturated carbocycles. The van der Waals surface area contributed by atoms with Crippen molar-refractivity contribution in [3.8, 4) is 11.5 Å². The van der Waals surface area contributed by atoms with E-state index in [1.807, 2.05) is 0 Å². The first-order valence-corrected chi connectivity index (χ1v) is 13.0. The Kier molecular flexibility index (Phi) is 8.87. The van der Waals surface area contributed by atoms with E-state index in [1.165, 1.54) is 13.2 Å². The Morgan fingerprint density at radius 1 is 1.07 bits per heavy atom. The molecule has 18 heteroatoms. The number of benzene rings is 1. The first-order valence-electron chi connectivity index (χ1n) is 12.2. The Bertz CT molecular complexity index is 1350. The van der Waals surface area contributed by atoms with Gasteiger partial charge in [0.2, 0.25) is 11.9 Å². The Morgan fingerprint density at radius 3 is 2.19 bits per heavy atom. The minimum atomic E-state index is -5.34. The van der Waals surface area contributed by atoms with Crippen molar-refractivity contribution in [2.75, 3.05) is 22.2 Å². The van der Waals surface area contributed by atoms with Crippen LogP contribution in [0.2, 0.25) is 10.0 Å². The van der Waals surface area contributed by atoms with Gasteiger partial charge in [0.1, 0.15) is 15.9 Å². The standard InChI is InChI=1S/C24H22Cl2F6N6O4/c1-3-16(39)34-12-6-4-5-7-13(12)35-21-33-9-11-10-38(22(40)37(2)20(11)36-21)19-17(25)14(41-23(27,28)29)8-15(18(19)26)42-24(30,31)32/h3,8-9,12-13H,1,4-7,10H2,2H3,(H,34,39)(H,33,35,36)/t12-,13+/m0/s1. The zero-order valence-electron chi connectivity index (χ0n) is 21.6. The second kappa shape index (κ2) is 11.9. The maximum absolute atomic E-state index is 13.4. The molecule has 2 aromatic rings. The number of nitrogens with zero attached hydrogens (tertiary/aromatic N) is 4. The molecule has 0 saturated heterocycles. The van der Waals surface area contributed by atoms with E-state index >= 15 is 0 Å². The molecule has 2 aliphatic rings. The number of nitrogens with one attached hydrogen (secondary N) is 2. The molecule has 2 atom stereocenters. The Hall–Kier alpha value is -3.66. The lowest BCUT2D eigenvalue weighted by atomic mass is 9.90. The first-order chi connectivity index (χ1) is 19.6. The molecule has 0 bridgehead atoms. The lowest BCUT2D eigenvalue weighted by Crippen LogP contribution is -2.48. The molecule has 3 amide bonds. The fraction of sp³-hybridized carbons (Fsp3) is 0.417. The number of ether oxygens (including phenoxy) is 2. The molecule has 0 unspecified atom stereocenters. The average Bonchev–Trinajstić information content (AvgIpc) is 2.89. The summed E-state index contributed by atoms with van der Waals surface area (Å²) in [6.07, 6.45) is -5.02. The topological polar surface area (TPSA) is 109 Å². The summed E-state index contributed by atoms with van der Waals surface area (Å²) in [4.78, 5) is 35.6. The molecule has 4 rings (SSSR count). The van der Waals surface area contributed by atoms with Gasteiger partial charge in [-0.2, -0.15) is 4.98 Å². The van der Waals surface area contributed by atoms with Gasteiger partial charge in [0.15, 0.2) is 11.5 Å². The van der Waals surface area contributed by atoms with Crippen LogP contribution in [0.3, 0.4) is 0 Å². The molecule has 0 radical (unpaired) electrons. The molecule has 1 fully saturated rings. The monoisotopic (exact) mass is 642 g/mol. The van der Waals surface area contributed by atoms with Crippen LogP contribution in [0.25, 0.3) is 0 Å². The normalized spacial score (nSPS) is 19.2. The lowest BCUT2D eigenvalue weighted by molar-refractivity contribution is -0.276. The SMILES string of the molecule is C=CC(=O)N[C@H]1CCCC[C@H]1Nc1ncc2c(n1)N(C)C(=O)N(c1c(Cl)c(OC(F)(F)F)cc(OC(F)(F)F)c1Cl)C2. The van der Waals surface area contributed by atoms with Gasteiger partial charge in [-0.1, -0.05) is 42.6 Å². The van der Waals surface area contributed by atoms with E-state index in [0.717, 1.165) is 28.7 Å². The smallest absolute Gasteiger partial charge is 0.404 e. The van der Waals surface area contributed by atoms with E-state index in [-0.39, 0.29) is 41.4 Å². The number of carbonyl (C=O) groups is 2. The summed E-state index contributed by atoms with van der Waals surface area (Å²) in [5.41, 5.74) is -0.456. The van der Waals surface area contributed by atoms with Crippen molar-refractivity contribution in [3.05, 3.63) is 40.5 Å². The van der Waals surface area contributed by atoms with Crippen molar-refractivity contribution in [1.29, 1.82) is 0 Å². The molecule has 42 heavy (non-hydrogen) atoms. The van der Waals surface area contributed by atoms with E-state index in [9.17, 15) is 35.9 Å². The van der Waals surface area contributed by atoms with Crippen LogP contribution in [0.15, 0.2) is 24.9 Å². The van der Waals surface area contributed by atoms with E-state index in [0.29, 0.717) is 12.8 Å². The van der Waals surface area contributed by atoms with Crippen molar-refractivity contribution in [2.24, 2.45) is 0 Å². The van der Waals surface area contributed by atoms with Gasteiger partial charge >= 0.3 is 18.8 Å². The highest BCUT2D eigenvalue weighted by atomic mass is 35.5. The number of aromatic nitrogens is 2. The molecular weight excluding hydrogens is 621 g/mol. The van der Waals surface area contributed by atoms with E-state index in [2.05, 4.69) is 36.7 Å². The maximum atomic E-state index is 13.4. The molecule has 0 spiro atoms. The van der Waals surface area contributed by atoms with Crippen LogP contribution in [0.5, 0.6) is 11.5 Å². The maximum Gasteiger partial charge on any atom is 0.573 e. The van der Waals surface area contributed by atoms with Gasteiger partial charge in [0, 0.05) is 37.0 Å². The van der Waals surface area contributed by atoms with Crippen molar-refractivity contribution in [2.45, 2.75) is 57.0 Å².